The summed E-state index contributed by atoms with van der Waals surface area (Å²) in [6.07, 6.45) is 5.23. The monoisotopic (exact) mass is 280 g/mol. The van der Waals surface area contributed by atoms with E-state index in [0.29, 0.717) is 18.0 Å². The summed E-state index contributed by atoms with van der Waals surface area (Å²) in [6, 6.07) is 7.01. The van der Waals surface area contributed by atoms with E-state index >= 15 is 0 Å². The molecule has 0 saturated carbocycles. The molecule has 19 heavy (non-hydrogen) atoms. The maximum absolute atomic E-state index is 12.5. The van der Waals surface area contributed by atoms with Gasteiger partial charge < -0.3 is 5.32 Å². The first-order valence-electron chi connectivity index (χ1n) is 6.30. The maximum Gasteiger partial charge on any atom is 0.244 e. The highest BCUT2D eigenvalue weighted by Crippen LogP contribution is 2.19. The van der Waals surface area contributed by atoms with Gasteiger partial charge in [0.2, 0.25) is 10.0 Å². The van der Waals surface area contributed by atoms with E-state index in [4.69, 9.17) is 6.42 Å². The normalized spacial score (nSPS) is 11.5. The Labute approximate surface area is 115 Å². The van der Waals surface area contributed by atoms with E-state index in [2.05, 4.69) is 11.2 Å². The van der Waals surface area contributed by atoms with Crippen molar-refractivity contribution in [1.82, 2.24) is 9.62 Å². The summed E-state index contributed by atoms with van der Waals surface area (Å²) >= 11 is 0. The zero-order valence-corrected chi connectivity index (χ0v) is 12.2. The largest absolute Gasteiger partial charge is 0.313 e. The molecule has 0 fully saturated rings. The number of benzene rings is 1. The van der Waals surface area contributed by atoms with Gasteiger partial charge in [0.15, 0.2) is 0 Å². The first-order valence-corrected chi connectivity index (χ1v) is 7.74. The lowest BCUT2D eigenvalue weighted by atomic mass is 10.2. The van der Waals surface area contributed by atoms with Crippen molar-refractivity contribution in [2.24, 2.45) is 0 Å². The van der Waals surface area contributed by atoms with Gasteiger partial charge in [-0.2, -0.15) is 4.31 Å². The van der Waals surface area contributed by atoms with Crippen LogP contribution in [-0.2, 0) is 16.6 Å². The molecule has 104 valence electrons. The minimum Gasteiger partial charge on any atom is -0.313 e. The summed E-state index contributed by atoms with van der Waals surface area (Å²) in [6.45, 7) is 5.53. The van der Waals surface area contributed by atoms with E-state index in [0.717, 1.165) is 12.1 Å². The van der Waals surface area contributed by atoms with Gasteiger partial charge in [-0.3, -0.25) is 0 Å². The summed E-state index contributed by atoms with van der Waals surface area (Å²) < 4.78 is 26.4. The van der Waals surface area contributed by atoms with Crippen LogP contribution in [0.1, 0.15) is 19.4 Å². The molecular formula is C14H20N2O2S. The Balaban J connectivity index is 3.17. The SMILES string of the molecule is C#CCN(CC)S(=O)(=O)c1ccccc1CNCC. The molecular weight excluding hydrogens is 260 g/mol. The molecule has 1 aromatic carbocycles. The molecule has 0 aliphatic heterocycles. The first kappa shape index (κ1) is 15.7. The minimum atomic E-state index is -3.52. The van der Waals surface area contributed by atoms with Crippen molar-refractivity contribution >= 4 is 10.0 Å². The van der Waals surface area contributed by atoms with Crippen LogP contribution < -0.4 is 5.32 Å². The third-order valence-corrected chi connectivity index (χ3v) is 4.80. The Morgan fingerprint density at radius 3 is 2.58 bits per heavy atom. The average Bonchev–Trinajstić information content (AvgIpc) is 2.42. The van der Waals surface area contributed by atoms with Gasteiger partial charge in [0.05, 0.1) is 11.4 Å². The summed E-state index contributed by atoms with van der Waals surface area (Å²) in [7, 11) is -3.52. The molecule has 0 aromatic heterocycles. The highest BCUT2D eigenvalue weighted by Gasteiger charge is 2.24. The van der Waals surface area contributed by atoms with E-state index < -0.39 is 10.0 Å². The van der Waals surface area contributed by atoms with Gasteiger partial charge in [-0.1, -0.05) is 38.0 Å². The van der Waals surface area contributed by atoms with Crippen LogP contribution in [0.25, 0.3) is 0 Å². The second-order valence-corrected chi connectivity index (χ2v) is 5.93. The molecule has 0 radical (unpaired) electrons. The summed E-state index contributed by atoms with van der Waals surface area (Å²) in [5.41, 5.74) is 0.764. The van der Waals surface area contributed by atoms with Crippen molar-refractivity contribution in [3.63, 3.8) is 0 Å². The average molecular weight is 280 g/mol. The Kier molecular flexibility index (Phi) is 6.03. The molecule has 5 heteroatoms. The zero-order chi connectivity index (χ0) is 14.3. The first-order chi connectivity index (χ1) is 9.07. The van der Waals surface area contributed by atoms with Crippen molar-refractivity contribution in [2.45, 2.75) is 25.3 Å². The minimum absolute atomic E-state index is 0.0916. The number of terminal acetylenes is 1. The number of sulfonamides is 1. The molecule has 0 atom stereocenters. The Bertz CT molecular complexity index is 547. The van der Waals surface area contributed by atoms with Gasteiger partial charge in [-0.05, 0) is 18.2 Å². The topological polar surface area (TPSA) is 49.4 Å². The van der Waals surface area contributed by atoms with E-state index in [1.54, 1.807) is 19.1 Å². The van der Waals surface area contributed by atoms with Gasteiger partial charge in [-0.15, -0.1) is 6.42 Å². The number of nitrogens with zero attached hydrogens (tertiary/aromatic N) is 1. The van der Waals surface area contributed by atoms with Crippen LogP contribution >= 0.6 is 0 Å². The molecule has 1 aromatic rings. The fourth-order valence-electron chi connectivity index (χ4n) is 1.77. The van der Waals surface area contributed by atoms with Gasteiger partial charge in [0.25, 0.3) is 0 Å². The van der Waals surface area contributed by atoms with E-state index in [9.17, 15) is 8.42 Å². The Hall–Kier alpha value is -1.35. The Morgan fingerprint density at radius 2 is 2.00 bits per heavy atom. The van der Waals surface area contributed by atoms with Crippen LogP contribution in [0.2, 0.25) is 0 Å². The van der Waals surface area contributed by atoms with Crippen LogP contribution in [0.5, 0.6) is 0 Å². The molecule has 0 bridgehead atoms. The van der Waals surface area contributed by atoms with E-state index in [1.165, 1.54) is 4.31 Å². The fourth-order valence-corrected chi connectivity index (χ4v) is 3.35. The van der Waals surface area contributed by atoms with E-state index in [1.807, 2.05) is 19.1 Å². The lowest BCUT2D eigenvalue weighted by Gasteiger charge is -2.20. The number of nitrogens with one attached hydrogen (secondary N) is 1. The molecule has 0 amide bonds. The molecule has 0 aliphatic rings. The fraction of sp³-hybridized carbons (Fsp3) is 0.429. The van der Waals surface area contributed by atoms with E-state index in [-0.39, 0.29) is 6.54 Å². The molecule has 0 saturated heterocycles. The third-order valence-electron chi connectivity index (χ3n) is 2.78. The van der Waals surface area contributed by atoms with Crippen LogP contribution in [0.4, 0.5) is 0 Å². The van der Waals surface area contributed by atoms with Crippen molar-refractivity contribution in [1.29, 1.82) is 0 Å². The molecule has 0 unspecified atom stereocenters. The molecule has 1 rings (SSSR count). The lowest BCUT2D eigenvalue weighted by Crippen LogP contribution is -2.32. The smallest absolute Gasteiger partial charge is 0.244 e. The quantitative estimate of drug-likeness (QED) is 0.769. The van der Waals surface area contributed by atoms with Crippen molar-refractivity contribution in [3.05, 3.63) is 29.8 Å². The number of rotatable bonds is 7. The zero-order valence-electron chi connectivity index (χ0n) is 11.4. The van der Waals surface area contributed by atoms with Gasteiger partial charge in [0, 0.05) is 13.1 Å². The van der Waals surface area contributed by atoms with Gasteiger partial charge in [0.1, 0.15) is 0 Å². The molecule has 0 heterocycles. The molecule has 1 N–H and O–H groups in total. The second-order valence-electron chi connectivity index (χ2n) is 4.02. The number of hydrogen-bond acceptors (Lipinski definition) is 3. The number of hydrogen-bond donors (Lipinski definition) is 1. The summed E-state index contributed by atoms with van der Waals surface area (Å²) in [5, 5.41) is 3.14. The van der Waals surface area contributed by atoms with Crippen molar-refractivity contribution < 1.29 is 8.42 Å². The summed E-state index contributed by atoms with van der Waals surface area (Å²) in [4.78, 5) is 0.327. The predicted molar refractivity (Wildman–Crippen MR) is 77.1 cm³/mol. The van der Waals surface area contributed by atoms with Gasteiger partial charge >= 0.3 is 0 Å². The maximum atomic E-state index is 12.5. The lowest BCUT2D eigenvalue weighted by molar-refractivity contribution is 0.463. The van der Waals surface area contributed by atoms with Crippen molar-refractivity contribution in [2.75, 3.05) is 19.6 Å². The molecule has 0 spiro atoms. The highest BCUT2D eigenvalue weighted by molar-refractivity contribution is 7.89. The Morgan fingerprint density at radius 1 is 1.32 bits per heavy atom. The third kappa shape index (κ3) is 3.80. The molecule has 0 aliphatic carbocycles. The van der Waals surface area contributed by atoms with Gasteiger partial charge in [-0.25, -0.2) is 8.42 Å². The van der Waals surface area contributed by atoms with Crippen molar-refractivity contribution in [3.8, 4) is 12.3 Å². The summed E-state index contributed by atoms with van der Waals surface area (Å²) in [5.74, 6) is 2.39. The van der Waals surface area contributed by atoms with Crippen LogP contribution in [0.3, 0.4) is 0 Å². The standard InChI is InChI=1S/C14H20N2O2S/c1-4-11-16(6-3)19(17,18)14-10-8-7-9-13(14)12-15-5-2/h1,7-10,15H,5-6,11-12H2,2-3H3. The highest BCUT2D eigenvalue weighted by atomic mass is 32.2. The van der Waals surface area contributed by atoms with Crippen LogP contribution in [-0.4, -0.2) is 32.4 Å². The molecule has 4 nitrogen and oxygen atoms in total. The van der Waals surface area contributed by atoms with Crippen LogP contribution in [0, 0.1) is 12.3 Å². The van der Waals surface area contributed by atoms with Crippen LogP contribution in [0.15, 0.2) is 29.2 Å². The predicted octanol–water partition coefficient (Wildman–Crippen LogP) is 1.44. The second kappa shape index (κ2) is 7.29.